The second-order valence-corrected chi connectivity index (χ2v) is 7.51. The van der Waals surface area contributed by atoms with Crippen LogP contribution in [0.15, 0.2) is 18.2 Å². The van der Waals surface area contributed by atoms with Gasteiger partial charge < -0.3 is 10.1 Å². The molecule has 4 amide bonds. The number of carbonyl (C=O) groups excluding carboxylic acids is 2. The number of carbonyl (C=O) groups is 2. The highest BCUT2D eigenvalue weighted by molar-refractivity contribution is 7.88. The number of methoxy groups -OCH3 is 1. The van der Waals surface area contributed by atoms with E-state index in [1.807, 2.05) is 12.2 Å². The molecule has 25 heavy (non-hydrogen) atoms. The number of anilines is 1. The molecule has 0 atom stereocenters. The van der Waals surface area contributed by atoms with Gasteiger partial charge in [-0.2, -0.15) is 0 Å². The van der Waals surface area contributed by atoms with Gasteiger partial charge >= 0.3 is 12.1 Å². The van der Waals surface area contributed by atoms with Crippen LogP contribution in [0.25, 0.3) is 0 Å². The SMILES string of the molecule is CCCCCN(C(=O)NC(=O)Nc1ccc(OC)cc1C)S(C)(=O)=O. The fourth-order valence-corrected chi connectivity index (χ4v) is 2.95. The number of imide groups is 1. The number of rotatable bonds is 7. The monoisotopic (exact) mass is 371 g/mol. The van der Waals surface area contributed by atoms with Crippen LogP contribution in [0.3, 0.4) is 0 Å². The van der Waals surface area contributed by atoms with Crippen molar-refractivity contribution in [2.24, 2.45) is 0 Å². The highest BCUT2D eigenvalue weighted by Gasteiger charge is 2.24. The molecule has 0 spiro atoms. The Balaban J connectivity index is 2.74. The molecule has 1 aromatic rings. The zero-order valence-electron chi connectivity index (χ0n) is 15.0. The highest BCUT2D eigenvalue weighted by Crippen LogP contribution is 2.20. The van der Waals surface area contributed by atoms with E-state index in [1.54, 1.807) is 25.1 Å². The Morgan fingerprint density at radius 3 is 2.44 bits per heavy atom. The number of ether oxygens (including phenoxy) is 1. The van der Waals surface area contributed by atoms with Gasteiger partial charge in [0.05, 0.1) is 13.4 Å². The van der Waals surface area contributed by atoms with Gasteiger partial charge in [0, 0.05) is 12.2 Å². The van der Waals surface area contributed by atoms with Crippen LogP contribution < -0.4 is 15.4 Å². The maximum absolute atomic E-state index is 12.1. The van der Waals surface area contributed by atoms with E-state index in [9.17, 15) is 18.0 Å². The first-order valence-electron chi connectivity index (χ1n) is 7.93. The first kappa shape index (κ1) is 20.8. The summed E-state index contributed by atoms with van der Waals surface area (Å²) in [5.74, 6) is 0.638. The normalized spacial score (nSPS) is 10.9. The van der Waals surface area contributed by atoms with E-state index >= 15 is 0 Å². The van der Waals surface area contributed by atoms with Gasteiger partial charge in [-0.05, 0) is 37.1 Å². The lowest BCUT2D eigenvalue weighted by Crippen LogP contribution is -2.47. The Hall–Kier alpha value is -2.29. The smallest absolute Gasteiger partial charge is 0.339 e. The molecule has 0 fully saturated rings. The molecule has 0 saturated carbocycles. The maximum Gasteiger partial charge on any atom is 0.339 e. The highest BCUT2D eigenvalue weighted by atomic mass is 32.2. The summed E-state index contributed by atoms with van der Waals surface area (Å²) in [4.78, 5) is 24.1. The van der Waals surface area contributed by atoms with E-state index in [0.717, 1.165) is 24.7 Å². The van der Waals surface area contributed by atoms with E-state index in [2.05, 4.69) is 5.32 Å². The standard InChI is InChI=1S/C16H25N3O5S/c1-5-6-7-10-19(25(4,22)23)16(21)18-15(20)17-14-9-8-13(24-3)11-12(14)2/h8-9,11H,5-7,10H2,1-4H3,(H2,17,18,20,21). The molecule has 1 rings (SSSR count). The fraction of sp³-hybridized carbons (Fsp3) is 0.500. The summed E-state index contributed by atoms with van der Waals surface area (Å²) in [6.07, 6.45) is 3.15. The predicted molar refractivity (Wildman–Crippen MR) is 96.4 cm³/mol. The number of unbranched alkanes of at least 4 members (excludes halogenated alkanes) is 2. The molecule has 8 nitrogen and oxygen atoms in total. The van der Waals surface area contributed by atoms with Gasteiger partial charge in [0.25, 0.3) is 0 Å². The molecule has 0 aliphatic rings. The minimum Gasteiger partial charge on any atom is -0.497 e. The van der Waals surface area contributed by atoms with Gasteiger partial charge in [0.15, 0.2) is 0 Å². The zero-order chi connectivity index (χ0) is 19.0. The zero-order valence-corrected chi connectivity index (χ0v) is 15.8. The maximum atomic E-state index is 12.1. The van der Waals surface area contributed by atoms with Crippen molar-refractivity contribution in [3.8, 4) is 5.75 Å². The van der Waals surface area contributed by atoms with Gasteiger partial charge in [-0.1, -0.05) is 19.8 Å². The lowest BCUT2D eigenvalue weighted by molar-refractivity contribution is 0.219. The van der Waals surface area contributed by atoms with Gasteiger partial charge in [0.1, 0.15) is 5.75 Å². The van der Waals surface area contributed by atoms with Crippen LogP contribution in [0.4, 0.5) is 15.3 Å². The summed E-state index contributed by atoms with van der Waals surface area (Å²) < 4.78 is 29.3. The van der Waals surface area contributed by atoms with Crippen LogP contribution >= 0.6 is 0 Å². The van der Waals surface area contributed by atoms with Gasteiger partial charge in [-0.15, -0.1) is 0 Å². The molecule has 9 heteroatoms. The Labute approximate surface area is 148 Å². The molecule has 0 saturated heterocycles. The van der Waals surface area contributed by atoms with Crippen molar-refractivity contribution in [2.75, 3.05) is 25.2 Å². The van der Waals surface area contributed by atoms with Gasteiger partial charge in [-0.25, -0.2) is 22.3 Å². The van der Waals surface area contributed by atoms with Gasteiger partial charge in [0.2, 0.25) is 10.0 Å². The summed E-state index contributed by atoms with van der Waals surface area (Å²) in [5.41, 5.74) is 1.23. The van der Waals surface area contributed by atoms with Crippen molar-refractivity contribution < 1.29 is 22.7 Å². The number of nitrogens with one attached hydrogen (secondary N) is 2. The van der Waals surface area contributed by atoms with Crippen molar-refractivity contribution in [3.05, 3.63) is 23.8 Å². The third-order valence-electron chi connectivity index (χ3n) is 3.49. The third kappa shape index (κ3) is 6.61. The molecule has 0 heterocycles. The molecule has 2 N–H and O–H groups in total. The molecule has 0 aliphatic heterocycles. The minimum absolute atomic E-state index is 0.0351. The van der Waals surface area contributed by atoms with E-state index in [1.165, 1.54) is 7.11 Å². The number of urea groups is 2. The second-order valence-electron chi connectivity index (χ2n) is 5.61. The lowest BCUT2D eigenvalue weighted by Gasteiger charge is -2.20. The molecule has 140 valence electrons. The first-order valence-corrected chi connectivity index (χ1v) is 9.78. The molecule has 0 radical (unpaired) electrons. The number of aryl methyl sites for hydroxylation is 1. The Kier molecular flexibility index (Phi) is 7.69. The third-order valence-corrected chi connectivity index (χ3v) is 4.64. The number of amides is 4. The summed E-state index contributed by atoms with van der Waals surface area (Å²) >= 11 is 0. The molecule has 0 unspecified atom stereocenters. The predicted octanol–water partition coefficient (Wildman–Crippen LogP) is 2.70. The second kappa shape index (κ2) is 9.26. The quantitative estimate of drug-likeness (QED) is 0.717. The number of benzene rings is 1. The number of sulfonamides is 1. The summed E-state index contributed by atoms with van der Waals surface area (Å²) in [7, 11) is -2.22. The summed E-state index contributed by atoms with van der Waals surface area (Å²) in [5, 5.41) is 4.56. The van der Waals surface area contributed by atoms with Crippen LogP contribution in [-0.2, 0) is 10.0 Å². The van der Waals surface area contributed by atoms with Crippen LogP contribution in [-0.4, -0.2) is 44.7 Å². The topological polar surface area (TPSA) is 105 Å². The molecule has 1 aromatic carbocycles. The van der Waals surface area contributed by atoms with Crippen molar-refractivity contribution >= 4 is 27.8 Å². The Morgan fingerprint density at radius 2 is 1.92 bits per heavy atom. The van der Waals surface area contributed by atoms with Crippen LogP contribution in [0, 0.1) is 6.92 Å². The van der Waals surface area contributed by atoms with Crippen molar-refractivity contribution in [2.45, 2.75) is 33.1 Å². The molecular formula is C16H25N3O5S. The minimum atomic E-state index is -3.76. The van der Waals surface area contributed by atoms with E-state index in [4.69, 9.17) is 4.74 Å². The van der Waals surface area contributed by atoms with E-state index < -0.39 is 22.1 Å². The molecular weight excluding hydrogens is 346 g/mol. The summed E-state index contributed by atoms with van der Waals surface area (Å²) in [6.45, 7) is 3.77. The number of hydrogen-bond donors (Lipinski definition) is 2. The van der Waals surface area contributed by atoms with E-state index in [-0.39, 0.29) is 6.54 Å². The average Bonchev–Trinajstić information content (AvgIpc) is 2.52. The Morgan fingerprint density at radius 1 is 1.24 bits per heavy atom. The summed E-state index contributed by atoms with van der Waals surface area (Å²) in [6, 6.07) is 3.25. The Bertz CT molecular complexity index is 718. The van der Waals surface area contributed by atoms with E-state index in [0.29, 0.717) is 22.2 Å². The molecule has 0 bridgehead atoms. The van der Waals surface area contributed by atoms with Crippen LogP contribution in [0.1, 0.15) is 31.7 Å². The van der Waals surface area contributed by atoms with Crippen LogP contribution in [0.2, 0.25) is 0 Å². The van der Waals surface area contributed by atoms with Gasteiger partial charge in [-0.3, -0.25) is 5.32 Å². The number of hydrogen-bond acceptors (Lipinski definition) is 5. The fourth-order valence-electron chi connectivity index (χ4n) is 2.14. The van der Waals surface area contributed by atoms with Crippen molar-refractivity contribution in [1.82, 2.24) is 9.62 Å². The lowest BCUT2D eigenvalue weighted by atomic mass is 10.2. The molecule has 0 aliphatic carbocycles. The molecule has 0 aromatic heterocycles. The largest absolute Gasteiger partial charge is 0.497 e. The average molecular weight is 371 g/mol. The number of nitrogens with zero attached hydrogens (tertiary/aromatic N) is 1. The first-order chi connectivity index (χ1) is 11.7. The van der Waals surface area contributed by atoms with Crippen molar-refractivity contribution in [3.63, 3.8) is 0 Å². The van der Waals surface area contributed by atoms with Crippen LogP contribution in [0.5, 0.6) is 5.75 Å². The van der Waals surface area contributed by atoms with Crippen molar-refractivity contribution in [1.29, 1.82) is 0 Å².